The summed E-state index contributed by atoms with van der Waals surface area (Å²) in [7, 11) is 2.03. The number of hydrogen-bond acceptors (Lipinski definition) is 5. The van der Waals surface area contributed by atoms with Gasteiger partial charge in [-0.2, -0.15) is 5.26 Å². The molecule has 0 saturated carbocycles. The van der Waals surface area contributed by atoms with Crippen LogP contribution in [0.2, 0.25) is 0 Å². The zero-order chi connectivity index (χ0) is 15.4. The van der Waals surface area contributed by atoms with Crippen LogP contribution in [0.25, 0.3) is 0 Å². The molecule has 1 fully saturated rings. The molecular weight excluding hydrogens is 272 g/mol. The molecule has 1 aliphatic heterocycles. The molecule has 7 nitrogen and oxygen atoms in total. The van der Waals surface area contributed by atoms with E-state index in [0.29, 0.717) is 5.69 Å². The Morgan fingerprint density at radius 1 is 1.29 bits per heavy atom. The van der Waals surface area contributed by atoms with Crippen LogP contribution in [0.5, 0.6) is 0 Å². The number of rotatable bonds is 2. The summed E-state index contributed by atoms with van der Waals surface area (Å²) in [5, 5.41) is 20.2. The number of nitrogens with one attached hydrogen (secondary N) is 1. The van der Waals surface area contributed by atoms with E-state index in [1.807, 2.05) is 7.05 Å². The zero-order valence-corrected chi connectivity index (χ0v) is 11.7. The van der Waals surface area contributed by atoms with Crippen LogP contribution in [0.15, 0.2) is 18.2 Å². The standard InChI is InChI=1S/C14H16N4O3/c1-17-5-7-18(8-6-17)12-4-2-3-11(10(12)9-15)16-13(19)14(20)21/h2-4H,5-8H2,1H3,(H,16,19)(H,20,21). The van der Waals surface area contributed by atoms with Gasteiger partial charge in [-0.25, -0.2) is 4.79 Å². The average Bonchev–Trinajstić information content (AvgIpc) is 2.47. The lowest BCUT2D eigenvalue weighted by Crippen LogP contribution is -2.44. The van der Waals surface area contributed by atoms with Crippen molar-refractivity contribution < 1.29 is 14.7 Å². The molecule has 0 spiro atoms. The Labute approximate surface area is 122 Å². The third-order valence-electron chi connectivity index (χ3n) is 3.44. The predicted molar refractivity (Wildman–Crippen MR) is 77.1 cm³/mol. The number of aliphatic carboxylic acids is 1. The highest BCUT2D eigenvalue weighted by molar-refractivity contribution is 6.36. The average molecular weight is 288 g/mol. The molecule has 0 aromatic heterocycles. The van der Waals surface area contributed by atoms with Crippen LogP contribution in [0, 0.1) is 11.3 Å². The van der Waals surface area contributed by atoms with Gasteiger partial charge in [0, 0.05) is 26.2 Å². The van der Waals surface area contributed by atoms with E-state index in [9.17, 15) is 14.9 Å². The van der Waals surface area contributed by atoms with E-state index < -0.39 is 11.9 Å². The van der Waals surface area contributed by atoms with E-state index in [2.05, 4.69) is 21.2 Å². The first-order valence-corrected chi connectivity index (χ1v) is 6.54. The molecule has 0 bridgehead atoms. The number of likely N-dealkylation sites (N-methyl/N-ethyl adjacent to an activating group) is 1. The van der Waals surface area contributed by atoms with E-state index in [0.717, 1.165) is 26.2 Å². The van der Waals surface area contributed by atoms with Gasteiger partial charge in [-0.1, -0.05) is 6.07 Å². The number of nitriles is 1. The van der Waals surface area contributed by atoms with Gasteiger partial charge < -0.3 is 20.2 Å². The van der Waals surface area contributed by atoms with Crippen LogP contribution in [-0.2, 0) is 9.59 Å². The SMILES string of the molecule is CN1CCN(c2cccc(NC(=O)C(=O)O)c2C#N)CC1. The van der Waals surface area contributed by atoms with Crippen LogP contribution in [0.4, 0.5) is 11.4 Å². The Morgan fingerprint density at radius 3 is 2.52 bits per heavy atom. The highest BCUT2D eigenvalue weighted by atomic mass is 16.4. The fourth-order valence-corrected chi connectivity index (χ4v) is 2.25. The van der Waals surface area contributed by atoms with Crippen LogP contribution in [0.1, 0.15) is 5.56 Å². The maximum Gasteiger partial charge on any atom is 0.394 e. The third-order valence-corrected chi connectivity index (χ3v) is 3.44. The molecular formula is C14H16N4O3. The van der Waals surface area contributed by atoms with Crippen molar-refractivity contribution >= 4 is 23.3 Å². The summed E-state index contributed by atoms with van der Waals surface area (Å²) in [5.41, 5.74) is 1.23. The number of carboxylic acid groups (broad SMARTS) is 1. The fraction of sp³-hybridized carbons (Fsp3) is 0.357. The topological polar surface area (TPSA) is 96.7 Å². The van der Waals surface area contributed by atoms with Crippen molar-refractivity contribution in [1.82, 2.24) is 4.90 Å². The number of nitrogens with zero attached hydrogens (tertiary/aromatic N) is 3. The van der Waals surface area contributed by atoms with Gasteiger partial charge in [-0.05, 0) is 19.2 Å². The van der Waals surface area contributed by atoms with E-state index in [1.165, 1.54) is 6.07 Å². The van der Waals surface area contributed by atoms with E-state index >= 15 is 0 Å². The molecule has 2 rings (SSSR count). The van der Waals surface area contributed by atoms with Gasteiger partial charge in [0.05, 0.1) is 16.9 Å². The summed E-state index contributed by atoms with van der Waals surface area (Å²) in [4.78, 5) is 26.1. The Bertz CT molecular complexity index is 601. The quantitative estimate of drug-likeness (QED) is 0.761. The van der Waals surface area contributed by atoms with Gasteiger partial charge >= 0.3 is 11.9 Å². The van der Waals surface area contributed by atoms with Crippen LogP contribution in [0.3, 0.4) is 0 Å². The number of carbonyl (C=O) groups excluding carboxylic acids is 1. The minimum atomic E-state index is -1.58. The Kier molecular flexibility index (Phi) is 4.40. The number of hydrogen-bond donors (Lipinski definition) is 2. The largest absolute Gasteiger partial charge is 0.474 e. The predicted octanol–water partition coefficient (Wildman–Crippen LogP) is 0.333. The van der Waals surface area contributed by atoms with Crippen molar-refractivity contribution in [2.45, 2.75) is 0 Å². The summed E-state index contributed by atoms with van der Waals surface area (Å²) in [6, 6.07) is 7.09. The third kappa shape index (κ3) is 3.30. The molecule has 1 heterocycles. The van der Waals surface area contributed by atoms with Crippen molar-refractivity contribution in [3.63, 3.8) is 0 Å². The van der Waals surface area contributed by atoms with E-state index in [4.69, 9.17) is 5.11 Å². The van der Waals surface area contributed by atoms with Gasteiger partial charge in [0.2, 0.25) is 0 Å². The minimum absolute atomic E-state index is 0.223. The highest BCUT2D eigenvalue weighted by Crippen LogP contribution is 2.27. The fourth-order valence-electron chi connectivity index (χ4n) is 2.25. The van der Waals surface area contributed by atoms with Crippen molar-refractivity contribution in [3.05, 3.63) is 23.8 Å². The Hall–Kier alpha value is -2.59. The van der Waals surface area contributed by atoms with Gasteiger partial charge in [-0.15, -0.1) is 0 Å². The first-order chi connectivity index (χ1) is 10.0. The molecule has 1 aromatic carbocycles. The maximum absolute atomic E-state index is 11.3. The molecule has 21 heavy (non-hydrogen) atoms. The number of amides is 1. The molecule has 0 radical (unpaired) electrons. The van der Waals surface area contributed by atoms with Crippen LogP contribution >= 0.6 is 0 Å². The number of carboxylic acids is 1. The molecule has 1 saturated heterocycles. The molecule has 2 N–H and O–H groups in total. The van der Waals surface area contributed by atoms with Crippen molar-refractivity contribution in [1.29, 1.82) is 5.26 Å². The summed E-state index contributed by atoms with van der Waals surface area (Å²) in [6.45, 7) is 3.33. The van der Waals surface area contributed by atoms with Gasteiger partial charge in [0.1, 0.15) is 6.07 Å². The Morgan fingerprint density at radius 2 is 1.95 bits per heavy atom. The second-order valence-electron chi connectivity index (χ2n) is 4.86. The molecule has 1 aliphatic rings. The lowest BCUT2D eigenvalue weighted by molar-refractivity contribution is -0.147. The second kappa shape index (κ2) is 6.24. The number of piperazine rings is 1. The van der Waals surface area contributed by atoms with Crippen LogP contribution < -0.4 is 10.2 Å². The monoisotopic (exact) mass is 288 g/mol. The number of anilines is 2. The van der Waals surface area contributed by atoms with Gasteiger partial charge in [-0.3, -0.25) is 4.79 Å². The molecule has 1 aromatic rings. The summed E-state index contributed by atoms with van der Waals surface area (Å²) in [6.07, 6.45) is 0. The van der Waals surface area contributed by atoms with Crippen LogP contribution in [-0.4, -0.2) is 55.1 Å². The summed E-state index contributed by atoms with van der Waals surface area (Å²) >= 11 is 0. The first-order valence-electron chi connectivity index (χ1n) is 6.54. The minimum Gasteiger partial charge on any atom is -0.474 e. The van der Waals surface area contributed by atoms with Gasteiger partial charge in [0.15, 0.2) is 0 Å². The van der Waals surface area contributed by atoms with Crippen molar-refractivity contribution in [3.8, 4) is 6.07 Å². The van der Waals surface area contributed by atoms with Gasteiger partial charge in [0.25, 0.3) is 0 Å². The number of benzene rings is 1. The van der Waals surface area contributed by atoms with Crippen molar-refractivity contribution in [2.75, 3.05) is 43.4 Å². The lowest BCUT2D eigenvalue weighted by Gasteiger charge is -2.34. The smallest absolute Gasteiger partial charge is 0.394 e. The van der Waals surface area contributed by atoms with E-state index in [-0.39, 0.29) is 11.3 Å². The highest BCUT2D eigenvalue weighted by Gasteiger charge is 2.20. The second-order valence-corrected chi connectivity index (χ2v) is 4.86. The molecule has 0 atom stereocenters. The summed E-state index contributed by atoms with van der Waals surface area (Å²) in [5.74, 6) is -2.73. The number of carbonyl (C=O) groups is 2. The normalized spacial score (nSPS) is 15.3. The van der Waals surface area contributed by atoms with Crippen molar-refractivity contribution in [2.24, 2.45) is 0 Å². The summed E-state index contributed by atoms with van der Waals surface area (Å²) < 4.78 is 0. The maximum atomic E-state index is 11.3. The Balaban J connectivity index is 2.29. The lowest BCUT2D eigenvalue weighted by atomic mass is 10.1. The zero-order valence-electron chi connectivity index (χ0n) is 11.7. The molecule has 7 heteroatoms. The molecule has 1 amide bonds. The molecule has 110 valence electrons. The van der Waals surface area contributed by atoms with E-state index in [1.54, 1.807) is 12.1 Å². The molecule has 0 unspecified atom stereocenters. The molecule has 0 aliphatic carbocycles. The first kappa shape index (κ1) is 14.8.